The monoisotopic (exact) mass is 268 g/mol. The smallest absolute Gasteiger partial charge is 0.243 e. The van der Waals surface area contributed by atoms with Crippen molar-refractivity contribution in [1.82, 2.24) is 19.9 Å². The number of nitrogen functional groups attached to an aromatic ring is 1. The normalized spacial score (nSPS) is 10.6. The maximum absolute atomic E-state index is 5.35. The number of rotatable bonds is 8. The fourth-order valence-electron chi connectivity index (χ4n) is 1.57. The predicted octanol–water partition coefficient (Wildman–Crippen LogP) is -0.0231. The van der Waals surface area contributed by atoms with Gasteiger partial charge in [-0.3, -0.25) is 5.43 Å². The molecule has 0 amide bonds. The van der Waals surface area contributed by atoms with E-state index in [1.54, 1.807) is 4.90 Å². The van der Waals surface area contributed by atoms with Crippen LogP contribution in [0.15, 0.2) is 0 Å². The van der Waals surface area contributed by atoms with Crippen LogP contribution in [0.1, 0.15) is 13.8 Å². The maximum Gasteiger partial charge on any atom is 0.243 e. The molecular formula is C11H24N8. The number of anilines is 3. The van der Waals surface area contributed by atoms with Gasteiger partial charge in [0.05, 0.1) is 0 Å². The van der Waals surface area contributed by atoms with Crippen LogP contribution in [-0.2, 0) is 0 Å². The first-order valence-electron chi connectivity index (χ1n) is 6.46. The molecule has 0 bridgehead atoms. The topological polar surface area (TPSA) is 95.2 Å². The lowest BCUT2D eigenvalue weighted by Crippen LogP contribution is -2.29. The van der Waals surface area contributed by atoms with Gasteiger partial charge in [0, 0.05) is 27.2 Å². The zero-order valence-electron chi connectivity index (χ0n) is 12.1. The second-order valence-corrected chi connectivity index (χ2v) is 4.28. The minimum absolute atomic E-state index is 0.351. The van der Waals surface area contributed by atoms with Crippen LogP contribution in [0.2, 0.25) is 0 Å². The van der Waals surface area contributed by atoms with Crippen LogP contribution in [0, 0.1) is 0 Å². The summed E-state index contributed by atoms with van der Waals surface area (Å²) in [6.45, 7) is 8.09. The third kappa shape index (κ3) is 4.84. The first-order valence-corrected chi connectivity index (χ1v) is 6.46. The van der Waals surface area contributed by atoms with E-state index in [-0.39, 0.29) is 0 Å². The van der Waals surface area contributed by atoms with Gasteiger partial charge in [-0.25, -0.2) is 5.84 Å². The fraction of sp³-hybridized carbons (Fsp3) is 0.727. The summed E-state index contributed by atoms with van der Waals surface area (Å²) in [4.78, 5) is 16.7. The Labute approximate surface area is 114 Å². The first-order chi connectivity index (χ1) is 9.10. The lowest BCUT2D eigenvalue weighted by Gasteiger charge is -2.18. The standard InChI is InChI=1S/C11H24N8/c1-5-19(6-2)8-7-13-9-14-10(17-12)16-11(15-9)18(3)4/h5-8,12H2,1-4H3,(H2,13,14,15,16,17). The molecule has 0 saturated carbocycles. The summed E-state index contributed by atoms with van der Waals surface area (Å²) in [5, 5.41) is 3.19. The zero-order valence-corrected chi connectivity index (χ0v) is 12.1. The van der Waals surface area contributed by atoms with E-state index in [0.29, 0.717) is 17.8 Å². The molecule has 0 aromatic carbocycles. The molecule has 0 spiro atoms. The van der Waals surface area contributed by atoms with E-state index in [0.717, 1.165) is 26.2 Å². The van der Waals surface area contributed by atoms with Gasteiger partial charge >= 0.3 is 0 Å². The molecule has 1 heterocycles. The fourth-order valence-corrected chi connectivity index (χ4v) is 1.57. The van der Waals surface area contributed by atoms with Crippen molar-refractivity contribution in [3.8, 4) is 0 Å². The van der Waals surface area contributed by atoms with E-state index in [1.165, 1.54) is 0 Å². The molecule has 0 unspecified atom stereocenters. The molecule has 8 heteroatoms. The first kappa shape index (κ1) is 15.4. The molecule has 1 aromatic heterocycles. The van der Waals surface area contributed by atoms with Gasteiger partial charge in [0.1, 0.15) is 0 Å². The summed E-state index contributed by atoms with van der Waals surface area (Å²) in [5.74, 6) is 6.79. The molecule has 0 saturated heterocycles. The van der Waals surface area contributed by atoms with Crippen molar-refractivity contribution < 1.29 is 0 Å². The molecule has 0 aliphatic heterocycles. The highest BCUT2D eigenvalue weighted by Crippen LogP contribution is 2.10. The summed E-state index contributed by atoms with van der Waals surface area (Å²) < 4.78 is 0. The van der Waals surface area contributed by atoms with Crippen molar-refractivity contribution in [2.75, 3.05) is 55.9 Å². The molecular weight excluding hydrogens is 244 g/mol. The summed E-state index contributed by atoms with van der Waals surface area (Å²) in [5.41, 5.74) is 2.44. The Morgan fingerprint density at radius 2 is 1.68 bits per heavy atom. The Balaban J connectivity index is 2.64. The molecule has 1 aromatic rings. The number of hydrazine groups is 1. The lowest BCUT2D eigenvalue weighted by molar-refractivity contribution is 0.316. The number of likely N-dealkylation sites (N-methyl/N-ethyl adjacent to an activating group) is 1. The van der Waals surface area contributed by atoms with Crippen molar-refractivity contribution in [1.29, 1.82) is 0 Å². The molecule has 19 heavy (non-hydrogen) atoms. The van der Waals surface area contributed by atoms with Crippen molar-refractivity contribution >= 4 is 17.8 Å². The van der Waals surface area contributed by atoms with Gasteiger partial charge in [0.15, 0.2) is 0 Å². The van der Waals surface area contributed by atoms with Crippen molar-refractivity contribution in [3.63, 3.8) is 0 Å². The van der Waals surface area contributed by atoms with Crippen LogP contribution in [0.25, 0.3) is 0 Å². The molecule has 0 radical (unpaired) electrons. The van der Waals surface area contributed by atoms with E-state index in [4.69, 9.17) is 5.84 Å². The summed E-state index contributed by atoms with van der Waals surface area (Å²) in [6.07, 6.45) is 0. The molecule has 1 rings (SSSR count). The van der Waals surface area contributed by atoms with Crippen LogP contribution in [-0.4, -0.2) is 60.1 Å². The molecule has 0 atom stereocenters. The molecule has 0 aliphatic rings. The number of nitrogens with one attached hydrogen (secondary N) is 2. The zero-order chi connectivity index (χ0) is 14.3. The van der Waals surface area contributed by atoms with E-state index < -0.39 is 0 Å². The van der Waals surface area contributed by atoms with Gasteiger partial charge in [0.25, 0.3) is 0 Å². The summed E-state index contributed by atoms with van der Waals surface area (Å²) >= 11 is 0. The highest BCUT2D eigenvalue weighted by atomic mass is 15.4. The third-order valence-electron chi connectivity index (χ3n) is 2.76. The van der Waals surface area contributed by atoms with Crippen LogP contribution in [0.5, 0.6) is 0 Å². The Hall–Kier alpha value is -1.67. The van der Waals surface area contributed by atoms with Crippen LogP contribution >= 0.6 is 0 Å². The van der Waals surface area contributed by atoms with Crippen molar-refractivity contribution in [3.05, 3.63) is 0 Å². The number of hydrogen-bond acceptors (Lipinski definition) is 8. The lowest BCUT2D eigenvalue weighted by atomic mass is 10.4. The van der Waals surface area contributed by atoms with Crippen LogP contribution < -0.4 is 21.5 Å². The Kier molecular flexibility index (Phi) is 6.23. The second-order valence-electron chi connectivity index (χ2n) is 4.28. The van der Waals surface area contributed by atoms with Crippen molar-refractivity contribution in [2.45, 2.75) is 13.8 Å². The average molecular weight is 268 g/mol. The summed E-state index contributed by atoms with van der Waals surface area (Å²) in [6, 6.07) is 0. The Morgan fingerprint density at radius 3 is 2.21 bits per heavy atom. The minimum atomic E-state index is 0.351. The number of nitrogens with two attached hydrogens (primary N) is 1. The van der Waals surface area contributed by atoms with Gasteiger partial charge in [-0.2, -0.15) is 15.0 Å². The van der Waals surface area contributed by atoms with Gasteiger partial charge in [0.2, 0.25) is 17.8 Å². The molecule has 4 N–H and O–H groups in total. The van der Waals surface area contributed by atoms with E-state index >= 15 is 0 Å². The minimum Gasteiger partial charge on any atom is -0.353 e. The number of hydrogen-bond donors (Lipinski definition) is 3. The Bertz CT molecular complexity index is 377. The highest BCUT2D eigenvalue weighted by Gasteiger charge is 2.07. The summed E-state index contributed by atoms with van der Waals surface area (Å²) in [7, 11) is 3.74. The Morgan fingerprint density at radius 1 is 1.05 bits per heavy atom. The largest absolute Gasteiger partial charge is 0.353 e. The van der Waals surface area contributed by atoms with Crippen LogP contribution in [0.3, 0.4) is 0 Å². The second kappa shape index (κ2) is 7.70. The SMILES string of the molecule is CCN(CC)CCNc1nc(NN)nc(N(C)C)n1. The number of nitrogens with zero attached hydrogens (tertiary/aromatic N) is 5. The van der Waals surface area contributed by atoms with Gasteiger partial charge in [-0.15, -0.1) is 0 Å². The molecule has 0 fully saturated rings. The molecule has 108 valence electrons. The van der Waals surface area contributed by atoms with E-state index in [2.05, 4.69) is 44.4 Å². The van der Waals surface area contributed by atoms with Gasteiger partial charge in [-0.05, 0) is 13.1 Å². The van der Waals surface area contributed by atoms with Crippen LogP contribution in [0.4, 0.5) is 17.8 Å². The highest BCUT2D eigenvalue weighted by molar-refractivity contribution is 5.42. The predicted molar refractivity (Wildman–Crippen MR) is 78.2 cm³/mol. The van der Waals surface area contributed by atoms with E-state index in [9.17, 15) is 0 Å². The number of aromatic nitrogens is 3. The van der Waals surface area contributed by atoms with Gasteiger partial charge < -0.3 is 15.1 Å². The maximum atomic E-state index is 5.35. The average Bonchev–Trinajstić information content (AvgIpc) is 2.43. The third-order valence-corrected chi connectivity index (χ3v) is 2.76. The quantitative estimate of drug-likeness (QED) is 0.447. The molecule has 0 aliphatic carbocycles. The van der Waals surface area contributed by atoms with E-state index in [1.807, 2.05) is 14.1 Å². The van der Waals surface area contributed by atoms with Crippen molar-refractivity contribution in [2.24, 2.45) is 5.84 Å². The van der Waals surface area contributed by atoms with Gasteiger partial charge in [-0.1, -0.05) is 13.8 Å². The molecule has 8 nitrogen and oxygen atoms in total.